The van der Waals surface area contributed by atoms with Crippen LogP contribution >= 0.6 is 0 Å². The van der Waals surface area contributed by atoms with Gasteiger partial charge in [-0.25, -0.2) is 4.79 Å². The molecule has 21 heavy (non-hydrogen) atoms. The molecule has 1 N–H and O–H groups in total. The second kappa shape index (κ2) is 5.78. The Bertz CT molecular complexity index is 601. The molecule has 1 heterocycles. The monoisotopic (exact) mass is 293 g/mol. The van der Waals surface area contributed by atoms with Gasteiger partial charge in [-0.15, -0.1) is 0 Å². The lowest BCUT2D eigenvalue weighted by Crippen LogP contribution is -2.33. The molecule has 0 unspecified atom stereocenters. The van der Waals surface area contributed by atoms with E-state index in [1.54, 1.807) is 6.92 Å². The Morgan fingerprint density at radius 1 is 1.57 bits per heavy atom. The maximum atomic E-state index is 11.9. The van der Waals surface area contributed by atoms with Crippen molar-refractivity contribution in [1.82, 2.24) is 5.32 Å². The molecule has 0 saturated carbocycles. The molecule has 1 aromatic carbocycles. The lowest BCUT2D eigenvalue weighted by molar-refractivity contribution is -0.384. The molecule has 112 valence electrons. The van der Waals surface area contributed by atoms with Crippen LogP contribution in [-0.2, 0) is 9.53 Å². The van der Waals surface area contributed by atoms with Crippen LogP contribution in [0.15, 0.2) is 18.2 Å². The smallest absolute Gasteiger partial charge is 0.414 e. The molecule has 1 saturated heterocycles. The number of nitrogens with zero attached hydrogens (tertiary/aromatic N) is 2. The number of hydrogen-bond donors (Lipinski definition) is 1. The number of nitro groups is 1. The van der Waals surface area contributed by atoms with Gasteiger partial charge in [-0.1, -0.05) is 0 Å². The molecule has 1 aliphatic heterocycles. The first kappa shape index (κ1) is 14.8. The van der Waals surface area contributed by atoms with Gasteiger partial charge in [-0.2, -0.15) is 0 Å². The third-order valence-corrected chi connectivity index (χ3v) is 3.13. The quantitative estimate of drug-likeness (QED) is 0.667. The van der Waals surface area contributed by atoms with Crippen LogP contribution in [0.4, 0.5) is 16.2 Å². The first-order chi connectivity index (χ1) is 9.88. The number of carbonyl (C=O) groups is 2. The highest BCUT2D eigenvalue weighted by atomic mass is 16.6. The summed E-state index contributed by atoms with van der Waals surface area (Å²) < 4.78 is 5.15. The van der Waals surface area contributed by atoms with Gasteiger partial charge in [-0.05, 0) is 18.6 Å². The molecule has 2 amide bonds. The summed E-state index contributed by atoms with van der Waals surface area (Å²) in [5, 5.41) is 13.3. The van der Waals surface area contributed by atoms with Crippen molar-refractivity contribution in [3.8, 4) is 0 Å². The molecule has 0 aliphatic carbocycles. The van der Waals surface area contributed by atoms with Crippen molar-refractivity contribution in [2.75, 3.05) is 18.0 Å². The lowest BCUT2D eigenvalue weighted by Gasteiger charge is -2.15. The number of rotatable bonds is 4. The molecule has 1 aliphatic rings. The minimum absolute atomic E-state index is 0.0291. The van der Waals surface area contributed by atoms with Gasteiger partial charge in [0.2, 0.25) is 5.91 Å². The number of benzene rings is 1. The van der Waals surface area contributed by atoms with Crippen LogP contribution in [0.1, 0.15) is 12.5 Å². The highest BCUT2D eigenvalue weighted by Gasteiger charge is 2.33. The zero-order valence-electron chi connectivity index (χ0n) is 11.7. The Kier molecular flexibility index (Phi) is 4.06. The number of cyclic esters (lactones) is 1. The predicted octanol–water partition coefficient (Wildman–Crippen LogP) is 1.36. The number of nitrogens with one attached hydrogen (secondary N) is 1. The maximum absolute atomic E-state index is 11.9. The van der Waals surface area contributed by atoms with Gasteiger partial charge >= 0.3 is 6.09 Å². The summed E-state index contributed by atoms with van der Waals surface area (Å²) in [7, 11) is 0. The summed E-state index contributed by atoms with van der Waals surface area (Å²) in [4.78, 5) is 34.3. The largest absolute Gasteiger partial charge is 0.442 e. The average molecular weight is 293 g/mol. The molecular formula is C13H15N3O5. The minimum Gasteiger partial charge on any atom is -0.442 e. The fourth-order valence-corrected chi connectivity index (χ4v) is 2.14. The topological polar surface area (TPSA) is 102 Å². The van der Waals surface area contributed by atoms with E-state index in [0.717, 1.165) is 0 Å². The van der Waals surface area contributed by atoms with Crippen molar-refractivity contribution < 1.29 is 19.2 Å². The molecular weight excluding hydrogens is 278 g/mol. The number of non-ortho nitro benzene ring substituents is 1. The normalized spacial score (nSPS) is 17.5. The van der Waals surface area contributed by atoms with Crippen LogP contribution in [-0.4, -0.2) is 36.1 Å². The molecule has 2 rings (SSSR count). The zero-order chi connectivity index (χ0) is 15.6. The summed E-state index contributed by atoms with van der Waals surface area (Å²) in [5.74, 6) is -0.198. The first-order valence-corrected chi connectivity index (χ1v) is 6.36. The Labute approximate surface area is 120 Å². The van der Waals surface area contributed by atoms with E-state index in [0.29, 0.717) is 11.3 Å². The van der Waals surface area contributed by atoms with E-state index in [9.17, 15) is 19.7 Å². The Morgan fingerprint density at radius 3 is 2.86 bits per heavy atom. The number of hydrogen-bond acceptors (Lipinski definition) is 5. The van der Waals surface area contributed by atoms with E-state index < -0.39 is 17.1 Å². The van der Waals surface area contributed by atoms with E-state index in [1.165, 1.54) is 30.0 Å². The number of anilines is 1. The molecule has 1 atom stereocenters. The van der Waals surface area contributed by atoms with E-state index in [1.807, 2.05) is 0 Å². The van der Waals surface area contributed by atoms with Gasteiger partial charge in [-0.3, -0.25) is 19.8 Å². The van der Waals surface area contributed by atoms with Crippen molar-refractivity contribution >= 4 is 23.4 Å². The van der Waals surface area contributed by atoms with Crippen LogP contribution in [0.25, 0.3) is 0 Å². The maximum Gasteiger partial charge on any atom is 0.414 e. The first-order valence-electron chi connectivity index (χ1n) is 6.36. The third kappa shape index (κ3) is 3.28. The molecule has 1 aromatic rings. The second-order valence-corrected chi connectivity index (χ2v) is 4.78. The van der Waals surface area contributed by atoms with Gasteiger partial charge in [0, 0.05) is 19.1 Å². The SMILES string of the molecule is CC(=O)NC[C@H]1CN(c2ccc([N+](=O)[O-])cc2C)C(=O)O1. The third-order valence-electron chi connectivity index (χ3n) is 3.13. The number of carbonyl (C=O) groups excluding carboxylic acids is 2. The Balaban J connectivity index is 2.13. The Hall–Kier alpha value is -2.64. The number of amides is 2. The molecule has 0 radical (unpaired) electrons. The van der Waals surface area contributed by atoms with Gasteiger partial charge < -0.3 is 10.1 Å². The van der Waals surface area contributed by atoms with E-state index in [-0.39, 0.29) is 24.7 Å². The fourth-order valence-electron chi connectivity index (χ4n) is 2.14. The van der Waals surface area contributed by atoms with Gasteiger partial charge in [0.25, 0.3) is 5.69 Å². The van der Waals surface area contributed by atoms with Crippen molar-refractivity contribution in [1.29, 1.82) is 0 Å². The highest BCUT2D eigenvalue weighted by molar-refractivity contribution is 5.91. The summed E-state index contributed by atoms with van der Waals surface area (Å²) in [6.45, 7) is 3.60. The number of nitro benzene ring substituents is 1. The lowest BCUT2D eigenvalue weighted by atomic mass is 10.1. The average Bonchev–Trinajstić information content (AvgIpc) is 2.77. The predicted molar refractivity (Wildman–Crippen MR) is 74.1 cm³/mol. The minimum atomic E-state index is -0.526. The number of ether oxygens (including phenoxy) is 1. The van der Waals surface area contributed by atoms with Crippen LogP contribution in [0.2, 0.25) is 0 Å². The van der Waals surface area contributed by atoms with Crippen molar-refractivity contribution in [3.63, 3.8) is 0 Å². The molecule has 8 nitrogen and oxygen atoms in total. The molecule has 8 heteroatoms. The Morgan fingerprint density at radius 2 is 2.29 bits per heavy atom. The second-order valence-electron chi connectivity index (χ2n) is 4.78. The summed E-state index contributed by atoms with van der Waals surface area (Å²) in [6, 6.07) is 4.27. The van der Waals surface area contributed by atoms with Crippen molar-refractivity contribution in [3.05, 3.63) is 33.9 Å². The van der Waals surface area contributed by atoms with Crippen LogP contribution in [0, 0.1) is 17.0 Å². The van der Waals surface area contributed by atoms with Gasteiger partial charge in [0.05, 0.1) is 23.7 Å². The van der Waals surface area contributed by atoms with Crippen molar-refractivity contribution in [2.45, 2.75) is 20.0 Å². The van der Waals surface area contributed by atoms with Crippen LogP contribution in [0.5, 0.6) is 0 Å². The van der Waals surface area contributed by atoms with E-state index in [2.05, 4.69) is 5.32 Å². The molecule has 0 bridgehead atoms. The van der Waals surface area contributed by atoms with Gasteiger partial charge in [0.1, 0.15) is 6.10 Å². The standard InChI is InChI=1S/C13H15N3O5/c1-8-5-10(16(19)20)3-4-12(8)15-7-11(21-13(15)18)6-14-9(2)17/h3-5,11H,6-7H2,1-2H3,(H,14,17)/t11-/m0/s1. The van der Waals surface area contributed by atoms with Crippen molar-refractivity contribution in [2.24, 2.45) is 0 Å². The molecule has 1 fully saturated rings. The summed E-state index contributed by atoms with van der Waals surface area (Å²) in [6.07, 6.45) is -0.960. The number of aryl methyl sites for hydroxylation is 1. The molecule has 0 aromatic heterocycles. The molecule has 0 spiro atoms. The van der Waals surface area contributed by atoms with E-state index in [4.69, 9.17) is 4.74 Å². The van der Waals surface area contributed by atoms with Crippen LogP contribution < -0.4 is 10.2 Å². The van der Waals surface area contributed by atoms with E-state index >= 15 is 0 Å². The van der Waals surface area contributed by atoms with Crippen LogP contribution in [0.3, 0.4) is 0 Å². The fraction of sp³-hybridized carbons (Fsp3) is 0.385. The van der Waals surface area contributed by atoms with Gasteiger partial charge in [0.15, 0.2) is 0 Å². The highest BCUT2D eigenvalue weighted by Crippen LogP contribution is 2.28. The summed E-state index contributed by atoms with van der Waals surface area (Å²) in [5.41, 5.74) is 1.15. The summed E-state index contributed by atoms with van der Waals surface area (Å²) >= 11 is 0. The zero-order valence-corrected chi connectivity index (χ0v) is 11.7.